The van der Waals surface area contributed by atoms with E-state index >= 15 is 0 Å². The summed E-state index contributed by atoms with van der Waals surface area (Å²) in [5, 5.41) is -0.405. The van der Waals surface area contributed by atoms with Crippen LogP contribution in [0.15, 0.2) is 0 Å². The highest BCUT2D eigenvalue weighted by molar-refractivity contribution is 7.89. The van der Waals surface area contributed by atoms with Crippen molar-refractivity contribution in [1.82, 2.24) is 4.31 Å². The maximum atomic E-state index is 11.9. The molecule has 2 N–H and O–H groups in total. The molecule has 0 aromatic rings. The smallest absolute Gasteiger partial charge is 0.217 e. The van der Waals surface area contributed by atoms with Gasteiger partial charge in [0.15, 0.2) is 0 Å². The number of thiocarbonyl (C=S) groups is 1. The molecule has 1 saturated heterocycles. The third-order valence-electron chi connectivity index (χ3n) is 2.45. The second-order valence-electron chi connectivity index (χ2n) is 3.76. The molecule has 0 saturated carbocycles. The fourth-order valence-corrected chi connectivity index (χ4v) is 3.41. The third-order valence-corrected chi connectivity index (χ3v) is 5.01. The van der Waals surface area contributed by atoms with Crippen LogP contribution in [0.2, 0.25) is 0 Å². The van der Waals surface area contributed by atoms with Crippen LogP contribution in [0.1, 0.15) is 26.7 Å². The molecule has 1 aliphatic rings. The zero-order chi connectivity index (χ0) is 10.9. The Morgan fingerprint density at radius 3 is 2.57 bits per heavy atom. The van der Waals surface area contributed by atoms with Crippen LogP contribution in [0.25, 0.3) is 0 Å². The Morgan fingerprint density at radius 2 is 2.14 bits per heavy atom. The molecular weight excluding hydrogens is 220 g/mol. The molecule has 1 fully saturated rings. The lowest BCUT2D eigenvalue weighted by Gasteiger charge is -2.24. The van der Waals surface area contributed by atoms with E-state index in [9.17, 15) is 8.42 Å². The number of nitrogens with zero attached hydrogens (tertiary/aromatic N) is 1. The van der Waals surface area contributed by atoms with E-state index in [1.807, 2.05) is 0 Å². The minimum Gasteiger partial charge on any atom is -0.392 e. The van der Waals surface area contributed by atoms with E-state index < -0.39 is 15.3 Å². The normalized spacial score (nSPS) is 24.4. The van der Waals surface area contributed by atoms with Crippen molar-refractivity contribution in [2.45, 2.75) is 38.0 Å². The molecule has 82 valence electrons. The standard InChI is InChI=1S/C8H16N2O2S2/c1-6(2)14(11,12)10-5-3-4-7(10)8(9)13/h6-7H,3-5H2,1-2H3,(H2,9,13). The molecule has 1 aliphatic heterocycles. The van der Waals surface area contributed by atoms with Gasteiger partial charge in [-0.15, -0.1) is 0 Å². The number of sulfonamides is 1. The second kappa shape index (κ2) is 4.12. The van der Waals surface area contributed by atoms with Gasteiger partial charge < -0.3 is 5.73 Å². The van der Waals surface area contributed by atoms with Gasteiger partial charge in [0.2, 0.25) is 10.0 Å². The maximum Gasteiger partial charge on any atom is 0.217 e. The van der Waals surface area contributed by atoms with Crippen LogP contribution in [0, 0.1) is 0 Å². The topological polar surface area (TPSA) is 63.4 Å². The molecule has 0 aromatic heterocycles. The van der Waals surface area contributed by atoms with E-state index in [-0.39, 0.29) is 11.0 Å². The molecule has 0 spiro atoms. The zero-order valence-corrected chi connectivity index (χ0v) is 10.1. The van der Waals surface area contributed by atoms with Gasteiger partial charge in [-0.1, -0.05) is 12.2 Å². The quantitative estimate of drug-likeness (QED) is 0.724. The van der Waals surface area contributed by atoms with E-state index in [1.165, 1.54) is 4.31 Å². The van der Waals surface area contributed by atoms with Crippen LogP contribution in [0.5, 0.6) is 0 Å². The summed E-state index contributed by atoms with van der Waals surface area (Å²) in [5.74, 6) is 0. The lowest BCUT2D eigenvalue weighted by atomic mass is 10.2. The number of hydrogen-bond acceptors (Lipinski definition) is 3. The Bertz CT molecular complexity index is 324. The van der Waals surface area contributed by atoms with Gasteiger partial charge in [0.05, 0.1) is 16.3 Å². The van der Waals surface area contributed by atoms with Crippen LogP contribution in [0.3, 0.4) is 0 Å². The van der Waals surface area contributed by atoms with Gasteiger partial charge in [-0.25, -0.2) is 8.42 Å². The molecule has 1 unspecified atom stereocenters. The van der Waals surface area contributed by atoms with Gasteiger partial charge in [-0.05, 0) is 26.7 Å². The van der Waals surface area contributed by atoms with Crippen LogP contribution < -0.4 is 5.73 Å². The van der Waals surface area contributed by atoms with E-state index in [0.29, 0.717) is 6.54 Å². The highest BCUT2D eigenvalue weighted by atomic mass is 32.2. The lowest BCUT2D eigenvalue weighted by molar-refractivity contribution is 0.440. The van der Waals surface area contributed by atoms with E-state index in [1.54, 1.807) is 13.8 Å². The molecule has 0 amide bonds. The average Bonchev–Trinajstić information content (AvgIpc) is 2.51. The first-order chi connectivity index (χ1) is 6.37. The minimum absolute atomic E-state index is 0.266. The molecule has 4 nitrogen and oxygen atoms in total. The number of nitrogens with two attached hydrogens (primary N) is 1. The van der Waals surface area contributed by atoms with Gasteiger partial charge in [-0.2, -0.15) is 4.31 Å². The Kier molecular flexibility index (Phi) is 3.49. The van der Waals surface area contributed by atoms with E-state index in [4.69, 9.17) is 18.0 Å². The minimum atomic E-state index is -3.20. The van der Waals surface area contributed by atoms with Crippen molar-refractivity contribution in [2.24, 2.45) is 5.73 Å². The van der Waals surface area contributed by atoms with Crippen LogP contribution in [-0.4, -0.2) is 35.5 Å². The maximum absolute atomic E-state index is 11.9. The zero-order valence-electron chi connectivity index (χ0n) is 8.43. The fourth-order valence-electron chi connectivity index (χ4n) is 1.60. The Balaban J connectivity index is 2.93. The highest BCUT2D eigenvalue weighted by Crippen LogP contribution is 2.23. The molecular formula is C8H16N2O2S2. The van der Waals surface area contributed by atoms with Crippen molar-refractivity contribution < 1.29 is 8.42 Å². The summed E-state index contributed by atoms with van der Waals surface area (Å²) in [7, 11) is -3.20. The lowest BCUT2D eigenvalue weighted by Crippen LogP contribution is -2.45. The molecule has 0 radical (unpaired) electrons. The monoisotopic (exact) mass is 236 g/mol. The van der Waals surface area contributed by atoms with E-state index in [0.717, 1.165) is 12.8 Å². The Hall–Kier alpha value is -0.200. The summed E-state index contributed by atoms with van der Waals surface area (Å²) in [5.41, 5.74) is 5.51. The summed E-state index contributed by atoms with van der Waals surface area (Å²) >= 11 is 4.86. The van der Waals surface area contributed by atoms with Gasteiger partial charge in [-0.3, -0.25) is 0 Å². The SMILES string of the molecule is CC(C)S(=O)(=O)N1CCCC1C(N)=S. The number of rotatable bonds is 3. The first-order valence-electron chi connectivity index (χ1n) is 4.67. The number of hydrogen-bond donors (Lipinski definition) is 1. The van der Waals surface area contributed by atoms with E-state index in [2.05, 4.69) is 0 Å². The van der Waals surface area contributed by atoms with Crippen molar-refractivity contribution in [2.75, 3.05) is 6.54 Å². The third kappa shape index (κ3) is 2.07. The summed E-state index contributed by atoms with van der Waals surface area (Å²) in [6, 6.07) is -0.266. The predicted molar refractivity (Wildman–Crippen MR) is 60.6 cm³/mol. The summed E-state index contributed by atoms with van der Waals surface area (Å²) in [4.78, 5) is 0.284. The van der Waals surface area contributed by atoms with Gasteiger partial charge in [0.25, 0.3) is 0 Å². The summed E-state index contributed by atoms with van der Waals surface area (Å²) in [6.45, 7) is 3.89. The Labute approximate surface area is 90.5 Å². The van der Waals surface area contributed by atoms with Gasteiger partial charge in [0, 0.05) is 6.54 Å². The molecule has 0 aliphatic carbocycles. The molecule has 0 aromatic carbocycles. The second-order valence-corrected chi connectivity index (χ2v) is 6.68. The van der Waals surface area contributed by atoms with Crippen LogP contribution in [-0.2, 0) is 10.0 Å². The van der Waals surface area contributed by atoms with Gasteiger partial charge >= 0.3 is 0 Å². The fraction of sp³-hybridized carbons (Fsp3) is 0.875. The van der Waals surface area contributed by atoms with Crippen LogP contribution >= 0.6 is 12.2 Å². The molecule has 1 heterocycles. The first kappa shape index (κ1) is 11.9. The largest absolute Gasteiger partial charge is 0.392 e. The predicted octanol–water partition coefficient (Wildman–Crippen LogP) is 0.475. The van der Waals surface area contributed by atoms with Crippen molar-refractivity contribution in [3.05, 3.63) is 0 Å². The summed E-state index contributed by atoms with van der Waals surface area (Å²) in [6.07, 6.45) is 1.59. The molecule has 1 rings (SSSR count). The first-order valence-corrected chi connectivity index (χ1v) is 6.58. The Morgan fingerprint density at radius 1 is 1.57 bits per heavy atom. The van der Waals surface area contributed by atoms with Crippen molar-refractivity contribution in [1.29, 1.82) is 0 Å². The average molecular weight is 236 g/mol. The molecule has 1 atom stereocenters. The molecule has 0 bridgehead atoms. The van der Waals surface area contributed by atoms with Crippen molar-refractivity contribution >= 4 is 27.2 Å². The summed E-state index contributed by atoms with van der Waals surface area (Å²) < 4.78 is 25.2. The highest BCUT2D eigenvalue weighted by Gasteiger charge is 2.37. The molecule has 14 heavy (non-hydrogen) atoms. The van der Waals surface area contributed by atoms with Crippen molar-refractivity contribution in [3.63, 3.8) is 0 Å². The van der Waals surface area contributed by atoms with Crippen LogP contribution in [0.4, 0.5) is 0 Å². The van der Waals surface area contributed by atoms with Crippen molar-refractivity contribution in [3.8, 4) is 0 Å². The van der Waals surface area contributed by atoms with Gasteiger partial charge in [0.1, 0.15) is 0 Å². The molecule has 6 heteroatoms.